The van der Waals surface area contributed by atoms with Crippen molar-refractivity contribution in [3.63, 3.8) is 0 Å². The Morgan fingerprint density at radius 1 is 0.949 bits per heavy atom. The molecular weight excluding hydrogens is 551 g/mol. The van der Waals surface area contributed by atoms with Gasteiger partial charge in [0.2, 0.25) is 5.82 Å². The predicted octanol–water partition coefficient (Wildman–Crippen LogP) is 5.92. The van der Waals surface area contributed by atoms with Gasteiger partial charge >= 0.3 is 5.69 Å². The molecule has 3 aromatic carbocycles. The Balaban J connectivity index is 1.45. The number of amides is 1. The molecule has 4 rings (SSSR count). The maximum atomic E-state index is 14.2. The van der Waals surface area contributed by atoms with E-state index in [0.717, 1.165) is 11.0 Å². The number of piperazine rings is 1. The number of anilines is 3. The van der Waals surface area contributed by atoms with E-state index in [1.807, 2.05) is 0 Å². The Kier molecular flexibility index (Phi) is 8.09. The van der Waals surface area contributed by atoms with Gasteiger partial charge in [-0.15, -0.1) is 0 Å². The number of ether oxygens (including phenoxy) is 1. The van der Waals surface area contributed by atoms with Crippen LogP contribution in [-0.2, 0) is 0 Å². The number of nitro groups is 1. The average Bonchev–Trinajstić information content (AvgIpc) is 2.92. The molecule has 1 saturated heterocycles. The molecule has 1 aliphatic rings. The van der Waals surface area contributed by atoms with E-state index in [-0.39, 0.29) is 54.8 Å². The van der Waals surface area contributed by atoms with Gasteiger partial charge in [-0.2, -0.15) is 0 Å². The predicted molar refractivity (Wildman–Crippen MR) is 134 cm³/mol. The molecule has 0 saturated carbocycles. The van der Waals surface area contributed by atoms with Gasteiger partial charge in [0.15, 0.2) is 29.0 Å². The maximum absolute atomic E-state index is 14.2. The summed E-state index contributed by atoms with van der Waals surface area (Å²) < 4.78 is 74.2. The lowest BCUT2D eigenvalue weighted by molar-refractivity contribution is -0.385. The van der Waals surface area contributed by atoms with E-state index in [4.69, 9.17) is 16.3 Å². The van der Waals surface area contributed by atoms with E-state index >= 15 is 0 Å². The molecule has 0 atom stereocenters. The molecule has 1 heterocycles. The van der Waals surface area contributed by atoms with Gasteiger partial charge in [-0.1, -0.05) is 11.6 Å². The zero-order valence-electron chi connectivity index (χ0n) is 20.2. The van der Waals surface area contributed by atoms with E-state index in [2.05, 4.69) is 5.32 Å². The van der Waals surface area contributed by atoms with Crippen LogP contribution in [0.1, 0.15) is 17.3 Å². The summed E-state index contributed by atoms with van der Waals surface area (Å²) in [5.41, 5.74) is -0.504. The van der Waals surface area contributed by atoms with Crippen molar-refractivity contribution >= 4 is 40.3 Å². The van der Waals surface area contributed by atoms with Crippen molar-refractivity contribution in [3.8, 4) is 5.75 Å². The second-order valence-electron chi connectivity index (χ2n) is 8.39. The van der Waals surface area contributed by atoms with Crippen LogP contribution in [-0.4, -0.2) is 43.6 Å². The van der Waals surface area contributed by atoms with Gasteiger partial charge in [-0.05, 0) is 37.3 Å². The van der Waals surface area contributed by atoms with E-state index in [1.54, 1.807) is 24.0 Å². The number of nitro benzene ring substituents is 1. The van der Waals surface area contributed by atoms with Crippen LogP contribution < -0.4 is 19.9 Å². The van der Waals surface area contributed by atoms with Gasteiger partial charge in [0, 0.05) is 43.5 Å². The van der Waals surface area contributed by atoms with Crippen LogP contribution in [0, 0.1) is 39.2 Å². The fourth-order valence-electron chi connectivity index (χ4n) is 4.17. The monoisotopic (exact) mass is 570 g/mol. The summed E-state index contributed by atoms with van der Waals surface area (Å²) in [5.74, 6) is -10.6. The Bertz CT molecular complexity index is 1420. The number of carbonyl (C=O) groups excluding carboxylic acids is 1. The van der Waals surface area contributed by atoms with E-state index in [9.17, 15) is 36.9 Å². The van der Waals surface area contributed by atoms with Crippen LogP contribution in [0.25, 0.3) is 0 Å². The van der Waals surface area contributed by atoms with Crippen molar-refractivity contribution in [2.24, 2.45) is 0 Å². The number of rotatable bonds is 7. The first-order valence-corrected chi connectivity index (χ1v) is 11.9. The Morgan fingerprint density at radius 3 is 2.10 bits per heavy atom. The molecule has 1 aliphatic heterocycles. The Morgan fingerprint density at radius 2 is 1.54 bits per heavy atom. The van der Waals surface area contributed by atoms with Crippen LogP contribution in [0.3, 0.4) is 0 Å². The molecule has 3 aromatic rings. The SMILES string of the molecule is CCOc1ccc(C(=O)Nc2ccc(N3CCN(c4c(F)c(F)c(F)c(F)c4F)CC3)c(Cl)c2)cc1[N+](=O)[O-]. The molecule has 1 amide bonds. The minimum absolute atomic E-state index is 0.0228. The van der Waals surface area contributed by atoms with Crippen molar-refractivity contribution in [1.29, 1.82) is 0 Å². The zero-order chi connectivity index (χ0) is 28.4. The van der Waals surface area contributed by atoms with Gasteiger partial charge in [-0.25, -0.2) is 22.0 Å². The number of hydrogen-bond acceptors (Lipinski definition) is 6. The highest BCUT2D eigenvalue weighted by Gasteiger charge is 2.31. The highest BCUT2D eigenvalue weighted by molar-refractivity contribution is 6.33. The molecule has 0 aliphatic carbocycles. The molecule has 1 fully saturated rings. The lowest BCUT2D eigenvalue weighted by Crippen LogP contribution is -2.47. The lowest BCUT2D eigenvalue weighted by atomic mass is 10.1. The second-order valence-corrected chi connectivity index (χ2v) is 8.79. The largest absolute Gasteiger partial charge is 0.487 e. The van der Waals surface area contributed by atoms with Crippen molar-refractivity contribution in [2.45, 2.75) is 6.92 Å². The Hall–Kier alpha value is -4.13. The van der Waals surface area contributed by atoms with Crippen LogP contribution >= 0.6 is 11.6 Å². The summed E-state index contributed by atoms with van der Waals surface area (Å²) in [7, 11) is 0. The molecule has 8 nitrogen and oxygen atoms in total. The van der Waals surface area contributed by atoms with Crippen LogP contribution in [0.2, 0.25) is 5.02 Å². The summed E-state index contributed by atoms with van der Waals surface area (Å²) in [6.07, 6.45) is 0. The first kappa shape index (κ1) is 27.9. The molecule has 0 bridgehead atoms. The average molecular weight is 571 g/mol. The van der Waals surface area contributed by atoms with E-state index in [1.165, 1.54) is 18.2 Å². The third-order valence-corrected chi connectivity index (χ3v) is 6.35. The van der Waals surface area contributed by atoms with Gasteiger partial charge in [0.05, 0.1) is 22.2 Å². The third-order valence-electron chi connectivity index (χ3n) is 6.05. The normalized spacial score (nSPS) is 13.4. The standard InChI is InChI=1S/C25H20ClF5N4O4/c1-2-39-18-6-3-13(11-17(18)35(37)38)25(36)32-14-4-5-16(15(26)12-14)33-7-9-34(10-8-33)24-22(30)20(28)19(27)21(29)23(24)31/h3-6,11-12H,2,7-10H2,1H3,(H,32,36). The fraction of sp³-hybridized carbons (Fsp3) is 0.240. The molecule has 39 heavy (non-hydrogen) atoms. The van der Waals surface area contributed by atoms with E-state index < -0.39 is 45.6 Å². The number of nitrogens with one attached hydrogen (secondary N) is 1. The van der Waals surface area contributed by atoms with Gasteiger partial charge in [0.25, 0.3) is 5.91 Å². The fourth-order valence-corrected chi connectivity index (χ4v) is 4.47. The molecule has 0 aromatic heterocycles. The van der Waals surface area contributed by atoms with Crippen LogP contribution in [0.5, 0.6) is 5.75 Å². The first-order valence-electron chi connectivity index (χ1n) is 11.6. The van der Waals surface area contributed by atoms with Crippen molar-refractivity contribution in [1.82, 2.24) is 0 Å². The molecule has 0 spiro atoms. The molecule has 0 radical (unpaired) electrons. The van der Waals surface area contributed by atoms with Gasteiger partial charge in [0.1, 0.15) is 5.69 Å². The summed E-state index contributed by atoms with van der Waals surface area (Å²) >= 11 is 6.40. The topological polar surface area (TPSA) is 88.0 Å². The quantitative estimate of drug-likeness (QED) is 0.125. The smallest absolute Gasteiger partial charge is 0.311 e. The summed E-state index contributed by atoms with van der Waals surface area (Å²) in [4.78, 5) is 26.2. The van der Waals surface area contributed by atoms with Crippen LogP contribution in [0.15, 0.2) is 36.4 Å². The number of nitrogens with zero attached hydrogens (tertiary/aromatic N) is 3. The molecule has 14 heteroatoms. The maximum Gasteiger partial charge on any atom is 0.311 e. The highest BCUT2D eigenvalue weighted by atomic mass is 35.5. The van der Waals surface area contributed by atoms with Crippen LogP contribution in [0.4, 0.5) is 44.7 Å². The molecular formula is C25H20ClF5N4O4. The van der Waals surface area contributed by atoms with Gasteiger partial charge < -0.3 is 19.9 Å². The van der Waals surface area contributed by atoms with Crippen molar-refractivity contribution < 1.29 is 36.4 Å². The molecule has 0 unspecified atom stereocenters. The third kappa shape index (κ3) is 5.53. The number of hydrogen-bond donors (Lipinski definition) is 1. The summed E-state index contributed by atoms with van der Waals surface area (Å²) in [6, 6.07) is 8.39. The zero-order valence-corrected chi connectivity index (χ0v) is 21.0. The van der Waals surface area contributed by atoms with Crippen molar-refractivity contribution in [2.75, 3.05) is 47.9 Å². The molecule has 206 valence electrons. The second kappa shape index (κ2) is 11.3. The van der Waals surface area contributed by atoms with Gasteiger partial charge in [-0.3, -0.25) is 14.9 Å². The minimum atomic E-state index is -2.22. The minimum Gasteiger partial charge on any atom is -0.487 e. The first-order chi connectivity index (χ1) is 18.5. The van der Waals surface area contributed by atoms with Crippen molar-refractivity contribution in [3.05, 3.63) is 86.2 Å². The number of halogens is 6. The Labute approximate surface area is 223 Å². The highest BCUT2D eigenvalue weighted by Crippen LogP contribution is 2.34. The lowest BCUT2D eigenvalue weighted by Gasteiger charge is -2.38. The van der Waals surface area contributed by atoms with E-state index in [0.29, 0.717) is 11.4 Å². The summed E-state index contributed by atoms with van der Waals surface area (Å²) in [6.45, 7) is 2.09. The number of carbonyl (C=O) groups is 1. The molecule has 1 N–H and O–H groups in total. The number of benzene rings is 3. The summed E-state index contributed by atoms with van der Waals surface area (Å²) in [5, 5.41) is 14.1.